The third kappa shape index (κ3) is 3.47. The van der Waals surface area contributed by atoms with E-state index in [1.54, 1.807) is 0 Å². The van der Waals surface area contributed by atoms with Gasteiger partial charge in [-0.05, 0) is 5.56 Å². The van der Waals surface area contributed by atoms with Gasteiger partial charge in [0.1, 0.15) is 12.2 Å². The third-order valence-corrected chi connectivity index (χ3v) is 2.63. The summed E-state index contributed by atoms with van der Waals surface area (Å²) >= 11 is 0. The third-order valence-electron chi connectivity index (χ3n) is 2.63. The van der Waals surface area contributed by atoms with E-state index in [-0.39, 0.29) is 18.0 Å². The molecule has 0 atom stereocenters. The van der Waals surface area contributed by atoms with Crippen LogP contribution in [0.1, 0.15) is 15.9 Å². The van der Waals surface area contributed by atoms with Crippen LogP contribution in [0.25, 0.3) is 6.20 Å². The number of benzene rings is 1. The minimum absolute atomic E-state index is 0.00411. The van der Waals surface area contributed by atoms with E-state index in [9.17, 15) is 9.59 Å². The maximum Gasteiger partial charge on any atom is 0.413 e. The minimum Gasteiger partial charge on any atom is -0.477 e. The largest absolute Gasteiger partial charge is 0.477 e. The van der Waals surface area contributed by atoms with Crippen LogP contribution < -0.4 is 5.32 Å². The first kappa shape index (κ1) is 14.3. The number of hydrogen-bond donors (Lipinski definition) is 2. The van der Waals surface area contributed by atoms with E-state index >= 15 is 0 Å². The molecule has 0 saturated carbocycles. The molecule has 1 heterocycles. The predicted molar refractivity (Wildman–Crippen MR) is 75.8 cm³/mol. The molecule has 1 amide bonds. The van der Waals surface area contributed by atoms with Crippen LogP contribution >= 0.6 is 0 Å². The van der Waals surface area contributed by atoms with Crippen LogP contribution in [-0.4, -0.2) is 26.9 Å². The van der Waals surface area contributed by atoms with Crippen molar-refractivity contribution in [1.82, 2.24) is 9.78 Å². The van der Waals surface area contributed by atoms with Crippen LogP contribution in [0.5, 0.6) is 0 Å². The second-order valence-corrected chi connectivity index (χ2v) is 4.03. The number of nitrogens with zero attached hydrogens (tertiary/aromatic N) is 2. The first-order valence-electron chi connectivity index (χ1n) is 6.03. The van der Waals surface area contributed by atoms with Crippen LogP contribution in [0.15, 0.2) is 43.1 Å². The molecule has 0 aliphatic rings. The van der Waals surface area contributed by atoms with Gasteiger partial charge in [-0.3, -0.25) is 5.32 Å². The van der Waals surface area contributed by atoms with Crippen LogP contribution in [0, 0.1) is 0 Å². The Balaban J connectivity index is 2.04. The number of carbonyl (C=O) groups excluding carboxylic acids is 1. The molecular weight excluding hydrogens is 274 g/mol. The maximum absolute atomic E-state index is 11.7. The topological polar surface area (TPSA) is 93.5 Å². The van der Waals surface area contributed by atoms with Gasteiger partial charge < -0.3 is 9.84 Å². The molecule has 2 aromatic rings. The van der Waals surface area contributed by atoms with Gasteiger partial charge in [0, 0.05) is 6.20 Å². The van der Waals surface area contributed by atoms with Gasteiger partial charge in [-0.15, -0.1) is 0 Å². The summed E-state index contributed by atoms with van der Waals surface area (Å²) < 4.78 is 6.16. The number of rotatable bonds is 5. The summed E-state index contributed by atoms with van der Waals surface area (Å²) in [5.74, 6) is -1.21. The molecule has 0 spiro atoms. The quantitative estimate of drug-likeness (QED) is 0.880. The van der Waals surface area contributed by atoms with Gasteiger partial charge in [-0.1, -0.05) is 36.9 Å². The van der Waals surface area contributed by atoms with Crippen molar-refractivity contribution in [3.63, 3.8) is 0 Å². The van der Waals surface area contributed by atoms with Crippen LogP contribution in [-0.2, 0) is 11.3 Å². The molecule has 21 heavy (non-hydrogen) atoms. The Kier molecular flexibility index (Phi) is 4.35. The van der Waals surface area contributed by atoms with Crippen molar-refractivity contribution in [3.05, 3.63) is 54.2 Å². The highest BCUT2D eigenvalue weighted by atomic mass is 16.5. The van der Waals surface area contributed by atoms with Gasteiger partial charge in [0.25, 0.3) is 0 Å². The van der Waals surface area contributed by atoms with E-state index in [2.05, 4.69) is 17.0 Å². The summed E-state index contributed by atoms with van der Waals surface area (Å²) in [5.41, 5.74) is 0.676. The van der Waals surface area contributed by atoms with Crippen LogP contribution in [0.2, 0.25) is 0 Å². The molecule has 0 unspecified atom stereocenters. The van der Waals surface area contributed by atoms with E-state index in [1.807, 2.05) is 30.3 Å². The summed E-state index contributed by atoms with van der Waals surface area (Å²) in [6, 6.07) is 9.12. The average molecular weight is 287 g/mol. The molecule has 7 nitrogen and oxygen atoms in total. The molecule has 1 aromatic carbocycles. The Morgan fingerprint density at radius 2 is 2.10 bits per heavy atom. The summed E-state index contributed by atoms with van der Waals surface area (Å²) in [7, 11) is 0. The zero-order valence-corrected chi connectivity index (χ0v) is 11.0. The van der Waals surface area contributed by atoms with Crippen molar-refractivity contribution in [2.75, 3.05) is 5.32 Å². The van der Waals surface area contributed by atoms with Crippen molar-refractivity contribution in [2.24, 2.45) is 0 Å². The Bertz CT molecular complexity index is 664. The minimum atomic E-state index is -1.21. The Morgan fingerprint density at radius 3 is 2.71 bits per heavy atom. The first-order chi connectivity index (χ1) is 10.1. The molecule has 2 N–H and O–H groups in total. The fraction of sp³-hybridized carbons (Fsp3) is 0.0714. The van der Waals surface area contributed by atoms with Crippen molar-refractivity contribution in [3.8, 4) is 0 Å². The summed E-state index contributed by atoms with van der Waals surface area (Å²) in [4.78, 5) is 22.8. The number of aromatic nitrogens is 2. The lowest BCUT2D eigenvalue weighted by atomic mass is 10.2. The number of hydrogen-bond acceptors (Lipinski definition) is 4. The lowest BCUT2D eigenvalue weighted by molar-refractivity contribution is 0.0698. The molecule has 0 radical (unpaired) electrons. The van der Waals surface area contributed by atoms with E-state index in [0.717, 1.165) is 16.4 Å². The second kappa shape index (κ2) is 6.38. The standard InChI is InChI=1S/C14H13N3O4/c1-2-17-12(11(8-15-17)13(18)19)16-14(20)21-9-10-6-4-3-5-7-10/h2-8H,1,9H2,(H,16,20)(H,18,19). The highest BCUT2D eigenvalue weighted by Gasteiger charge is 2.18. The Morgan fingerprint density at radius 1 is 1.38 bits per heavy atom. The lowest BCUT2D eigenvalue weighted by Crippen LogP contribution is -2.17. The van der Waals surface area contributed by atoms with Gasteiger partial charge in [0.2, 0.25) is 0 Å². The number of anilines is 1. The smallest absolute Gasteiger partial charge is 0.413 e. The normalized spacial score (nSPS) is 9.90. The maximum atomic E-state index is 11.7. The fourth-order valence-corrected chi connectivity index (χ4v) is 1.64. The SMILES string of the molecule is C=Cn1ncc(C(=O)O)c1NC(=O)OCc1ccccc1. The van der Waals surface area contributed by atoms with Crippen LogP contribution in [0.3, 0.4) is 0 Å². The molecule has 7 heteroatoms. The second-order valence-electron chi connectivity index (χ2n) is 4.03. The van der Waals surface area contributed by atoms with E-state index < -0.39 is 12.1 Å². The molecule has 1 aromatic heterocycles. The van der Waals surface area contributed by atoms with Gasteiger partial charge >= 0.3 is 12.1 Å². The van der Waals surface area contributed by atoms with Crippen molar-refractivity contribution < 1.29 is 19.4 Å². The van der Waals surface area contributed by atoms with Crippen molar-refractivity contribution >= 4 is 24.1 Å². The monoisotopic (exact) mass is 287 g/mol. The van der Waals surface area contributed by atoms with Gasteiger partial charge in [-0.25, -0.2) is 14.3 Å². The van der Waals surface area contributed by atoms with E-state index in [0.29, 0.717) is 0 Å². The number of nitrogens with one attached hydrogen (secondary N) is 1. The molecule has 108 valence electrons. The molecule has 0 saturated heterocycles. The molecule has 0 bridgehead atoms. The predicted octanol–water partition coefficient (Wildman–Crippen LogP) is 2.43. The van der Waals surface area contributed by atoms with Crippen LogP contribution in [0.4, 0.5) is 10.6 Å². The number of aromatic carboxylic acids is 1. The Hall–Kier alpha value is -3.09. The molecule has 2 rings (SSSR count). The van der Waals surface area contributed by atoms with Gasteiger partial charge in [0.05, 0.1) is 6.20 Å². The lowest BCUT2D eigenvalue weighted by Gasteiger charge is -2.08. The number of carbonyl (C=O) groups is 2. The molecule has 0 aliphatic heterocycles. The Labute approximate surface area is 120 Å². The fourth-order valence-electron chi connectivity index (χ4n) is 1.64. The average Bonchev–Trinajstić information content (AvgIpc) is 2.89. The summed E-state index contributed by atoms with van der Waals surface area (Å²) in [5, 5.41) is 15.1. The first-order valence-corrected chi connectivity index (χ1v) is 6.03. The zero-order valence-electron chi connectivity index (χ0n) is 11.0. The summed E-state index contributed by atoms with van der Waals surface area (Å²) in [6.45, 7) is 3.56. The highest BCUT2D eigenvalue weighted by Crippen LogP contribution is 2.16. The molecule has 0 fully saturated rings. The molecular formula is C14H13N3O4. The molecule has 0 aliphatic carbocycles. The van der Waals surface area contributed by atoms with Crippen molar-refractivity contribution in [2.45, 2.75) is 6.61 Å². The number of carboxylic acids is 1. The number of ether oxygens (including phenoxy) is 1. The van der Waals surface area contributed by atoms with Gasteiger partial charge in [0.15, 0.2) is 5.82 Å². The highest BCUT2D eigenvalue weighted by molar-refractivity contribution is 5.97. The number of carboxylic acid groups (broad SMARTS) is 1. The zero-order chi connectivity index (χ0) is 15.2. The van der Waals surface area contributed by atoms with Crippen molar-refractivity contribution in [1.29, 1.82) is 0 Å². The van der Waals surface area contributed by atoms with E-state index in [1.165, 1.54) is 6.20 Å². The van der Waals surface area contributed by atoms with E-state index in [4.69, 9.17) is 9.84 Å². The summed E-state index contributed by atoms with van der Waals surface area (Å²) in [6.07, 6.45) is 1.63. The number of amides is 1. The van der Waals surface area contributed by atoms with Gasteiger partial charge in [-0.2, -0.15) is 5.10 Å².